The molecule has 0 amide bonds. The highest BCUT2D eigenvalue weighted by molar-refractivity contribution is 7.98. The minimum Gasteiger partial charge on any atom is -0.491 e. The number of likely N-dealkylation sites (N-methyl/N-ethyl adjacent to an activating group) is 1. The van der Waals surface area contributed by atoms with Gasteiger partial charge in [-0.05, 0) is 67.1 Å². The summed E-state index contributed by atoms with van der Waals surface area (Å²) in [5.41, 5.74) is 4.21. The molecule has 30 heavy (non-hydrogen) atoms. The van der Waals surface area contributed by atoms with Crippen LogP contribution in [0.2, 0.25) is 0 Å². The fourth-order valence-corrected chi connectivity index (χ4v) is 5.25. The Morgan fingerprint density at radius 1 is 1.10 bits per heavy atom. The van der Waals surface area contributed by atoms with E-state index >= 15 is 0 Å². The molecule has 4 nitrogen and oxygen atoms in total. The summed E-state index contributed by atoms with van der Waals surface area (Å²) in [6.07, 6.45) is 5.02. The summed E-state index contributed by atoms with van der Waals surface area (Å²) in [5, 5.41) is 0. The van der Waals surface area contributed by atoms with Crippen LogP contribution in [0.3, 0.4) is 0 Å². The predicted octanol–water partition coefficient (Wildman–Crippen LogP) is 4.23. The molecule has 2 heterocycles. The maximum Gasteiger partial charge on any atom is 0.119 e. The van der Waals surface area contributed by atoms with Gasteiger partial charge < -0.3 is 14.4 Å². The lowest BCUT2D eigenvalue weighted by molar-refractivity contribution is -0.0504. The largest absolute Gasteiger partial charge is 0.491 e. The van der Waals surface area contributed by atoms with E-state index in [1.54, 1.807) is 11.8 Å². The number of fused-ring (bicyclic) bond motifs is 1. The molecule has 0 radical (unpaired) electrons. The number of hydrogen-bond acceptors (Lipinski definition) is 5. The lowest BCUT2D eigenvalue weighted by Gasteiger charge is -2.34. The standard InChI is InChI=1S/C25H32N2O2S/c1-26-14-19-13-21(29-17-22-15-27(11-12-28-22)20-5-6-20)7-10-24(19)25(16-26)18-3-8-23(30-2)9-4-18/h3-4,7-10,13,20,22,25H,5-6,11-12,14-17H2,1-2H3. The summed E-state index contributed by atoms with van der Waals surface area (Å²) < 4.78 is 12.1. The summed E-state index contributed by atoms with van der Waals surface area (Å²) in [5.74, 6) is 1.38. The van der Waals surface area contributed by atoms with Crippen molar-refractivity contribution in [2.75, 3.05) is 46.2 Å². The Labute approximate surface area is 184 Å². The van der Waals surface area contributed by atoms with Crippen molar-refractivity contribution in [1.82, 2.24) is 9.80 Å². The SMILES string of the molecule is CSc1ccc(C2CN(C)Cc3cc(OCC4CN(C5CC5)CCO4)ccc32)cc1. The van der Waals surface area contributed by atoms with Crippen LogP contribution in [0.1, 0.15) is 35.4 Å². The fourth-order valence-electron chi connectivity index (χ4n) is 4.84. The Bertz CT molecular complexity index is 868. The molecule has 0 bridgehead atoms. The van der Waals surface area contributed by atoms with E-state index < -0.39 is 0 Å². The van der Waals surface area contributed by atoms with Gasteiger partial charge in [-0.2, -0.15) is 0 Å². The molecular weight excluding hydrogens is 392 g/mol. The fraction of sp³-hybridized carbons (Fsp3) is 0.520. The molecule has 2 aromatic rings. The highest BCUT2D eigenvalue weighted by Gasteiger charge is 2.33. The highest BCUT2D eigenvalue weighted by Crippen LogP contribution is 2.35. The van der Waals surface area contributed by atoms with Gasteiger partial charge in [0.1, 0.15) is 18.5 Å². The number of morpholine rings is 1. The molecule has 1 saturated carbocycles. The van der Waals surface area contributed by atoms with Crippen LogP contribution in [0.4, 0.5) is 0 Å². The van der Waals surface area contributed by atoms with Crippen molar-refractivity contribution in [3.8, 4) is 5.75 Å². The predicted molar refractivity (Wildman–Crippen MR) is 123 cm³/mol. The Balaban J connectivity index is 1.28. The minimum absolute atomic E-state index is 0.181. The van der Waals surface area contributed by atoms with Gasteiger partial charge in [0.15, 0.2) is 0 Å². The number of nitrogens with zero attached hydrogens (tertiary/aromatic N) is 2. The van der Waals surface area contributed by atoms with Crippen LogP contribution >= 0.6 is 11.8 Å². The molecule has 2 aromatic carbocycles. The summed E-state index contributed by atoms with van der Waals surface area (Å²) >= 11 is 1.79. The van der Waals surface area contributed by atoms with Gasteiger partial charge in [0.25, 0.3) is 0 Å². The third-order valence-electron chi connectivity index (χ3n) is 6.61. The van der Waals surface area contributed by atoms with Gasteiger partial charge in [0, 0.05) is 43.0 Å². The van der Waals surface area contributed by atoms with Gasteiger partial charge in [-0.15, -0.1) is 11.8 Å². The summed E-state index contributed by atoms with van der Waals surface area (Å²) in [6.45, 7) is 5.58. The molecule has 1 saturated heterocycles. The van der Waals surface area contributed by atoms with Crippen molar-refractivity contribution in [2.24, 2.45) is 0 Å². The monoisotopic (exact) mass is 424 g/mol. The average Bonchev–Trinajstić information content (AvgIpc) is 3.63. The third kappa shape index (κ3) is 4.54. The maximum atomic E-state index is 6.19. The topological polar surface area (TPSA) is 24.9 Å². The smallest absolute Gasteiger partial charge is 0.119 e. The van der Waals surface area contributed by atoms with Crippen molar-refractivity contribution in [3.05, 3.63) is 59.2 Å². The lowest BCUT2D eigenvalue weighted by Crippen LogP contribution is -2.45. The van der Waals surface area contributed by atoms with E-state index in [4.69, 9.17) is 9.47 Å². The van der Waals surface area contributed by atoms with Crippen LogP contribution in [-0.2, 0) is 11.3 Å². The summed E-state index contributed by atoms with van der Waals surface area (Å²) in [4.78, 5) is 6.31. The van der Waals surface area contributed by atoms with Crippen LogP contribution in [-0.4, -0.2) is 68.1 Å². The second-order valence-electron chi connectivity index (χ2n) is 8.91. The molecule has 1 aliphatic carbocycles. The first-order valence-corrected chi connectivity index (χ1v) is 12.4. The zero-order valence-corrected chi connectivity index (χ0v) is 18.9. The van der Waals surface area contributed by atoms with Crippen LogP contribution in [0, 0.1) is 0 Å². The first-order chi connectivity index (χ1) is 14.7. The highest BCUT2D eigenvalue weighted by atomic mass is 32.2. The third-order valence-corrected chi connectivity index (χ3v) is 7.36. The molecule has 2 atom stereocenters. The average molecular weight is 425 g/mol. The lowest BCUT2D eigenvalue weighted by atomic mass is 9.85. The van der Waals surface area contributed by atoms with Crippen molar-refractivity contribution < 1.29 is 9.47 Å². The zero-order valence-electron chi connectivity index (χ0n) is 18.0. The Kier molecular flexibility index (Phi) is 6.05. The van der Waals surface area contributed by atoms with Crippen LogP contribution in [0.25, 0.3) is 0 Å². The normalized spacial score (nSPS) is 25.1. The number of thioether (sulfide) groups is 1. The van der Waals surface area contributed by atoms with E-state index in [1.165, 1.54) is 34.4 Å². The molecule has 0 aromatic heterocycles. The molecule has 0 N–H and O–H groups in total. The van der Waals surface area contributed by atoms with E-state index in [-0.39, 0.29) is 6.10 Å². The molecule has 2 fully saturated rings. The van der Waals surface area contributed by atoms with E-state index in [1.807, 2.05) is 0 Å². The second-order valence-corrected chi connectivity index (χ2v) is 9.79. The molecule has 160 valence electrons. The molecular formula is C25H32N2O2S. The van der Waals surface area contributed by atoms with Crippen LogP contribution < -0.4 is 4.74 Å². The summed E-state index contributed by atoms with van der Waals surface area (Å²) in [7, 11) is 2.21. The number of benzene rings is 2. The number of rotatable bonds is 6. The molecule has 0 spiro atoms. The Hall–Kier alpha value is -1.53. The maximum absolute atomic E-state index is 6.19. The van der Waals surface area contributed by atoms with Crippen LogP contribution in [0.15, 0.2) is 47.4 Å². The van der Waals surface area contributed by atoms with E-state index in [0.717, 1.165) is 44.6 Å². The van der Waals surface area contributed by atoms with Gasteiger partial charge in [-0.1, -0.05) is 18.2 Å². The molecule has 2 unspecified atom stereocenters. The second kappa shape index (κ2) is 8.91. The van der Waals surface area contributed by atoms with Gasteiger partial charge in [0.2, 0.25) is 0 Å². The van der Waals surface area contributed by atoms with Gasteiger partial charge in [0.05, 0.1) is 6.61 Å². The van der Waals surface area contributed by atoms with Gasteiger partial charge >= 0.3 is 0 Å². The van der Waals surface area contributed by atoms with Crippen molar-refractivity contribution in [3.63, 3.8) is 0 Å². The van der Waals surface area contributed by atoms with E-state index in [2.05, 4.69) is 65.6 Å². The molecule has 5 heteroatoms. The zero-order chi connectivity index (χ0) is 20.5. The number of hydrogen-bond donors (Lipinski definition) is 0. The molecule has 2 aliphatic heterocycles. The van der Waals surface area contributed by atoms with Crippen molar-refractivity contribution in [2.45, 2.75) is 42.3 Å². The Morgan fingerprint density at radius 2 is 1.93 bits per heavy atom. The van der Waals surface area contributed by atoms with Crippen molar-refractivity contribution in [1.29, 1.82) is 0 Å². The molecule has 3 aliphatic rings. The summed E-state index contributed by atoms with van der Waals surface area (Å²) in [6, 6.07) is 16.5. The van der Waals surface area contributed by atoms with E-state index in [9.17, 15) is 0 Å². The minimum atomic E-state index is 0.181. The molecule has 5 rings (SSSR count). The first-order valence-electron chi connectivity index (χ1n) is 11.1. The first kappa shape index (κ1) is 20.4. The Morgan fingerprint density at radius 3 is 2.70 bits per heavy atom. The van der Waals surface area contributed by atoms with Gasteiger partial charge in [-0.3, -0.25) is 4.90 Å². The van der Waals surface area contributed by atoms with Crippen molar-refractivity contribution >= 4 is 11.8 Å². The van der Waals surface area contributed by atoms with Crippen LogP contribution in [0.5, 0.6) is 5.75 Å². The van der Waals surface area contributed by atoms with Gasteiger partial charge in [-0.25, -0.2) is 0 Å². The van der Waals surface area contributed by atoms with E-state index in [0.29, 0.717) is 12.5 Å². The number of ether oxygens (including phenoxy) is 2. The quantitative estimate of drug-likeness (QED) is 0.647.